The van der Waals surface area contributed by atoms with Crippen molar-refractivity contribution in [1.29, 1.82) is 0 Å². The second-order valence-corrected chi connectivity index (χ2v) is 8.38. The minimum Gasteiger partial charge on any atom is -0.357 e. The quantitative estimate of drug-likeness (QED) is 0.508. The minimum atomic E-state index is 0.384. The molecular formula is C26H25N3. The molecule has 0 aliphatic carbocycles. The predicted molar refractivity (Wildman–Crippen MR) is 117 cm³/mol. The molecule has 3 heteroatoms. The van der Waals surface area contributed by atoms with Gasteiger partial charge in [-0.15, -0.1) is 0 Å². The maximum Gasteiger partial charge on any atom is 0.0551 e. The normalized spacial score (nSPS) is 20.4. The summed E-state index contributed by atoms with van der Waals surface area (Å²) in [6.07, 6.45) is 7.36. The number of aromatic nitrogens is 2. The number of fused-ring (bicyclic) bond motifs is 8. The first-order chi connectivity index (χ1) is 14.3. The monoisotopic (exact) mass is 379 g/mol. The summed E-state index contributed by atoms with van der Waals surface area (Å²) in [5, 5.41) is 1.39. The zero-order chi connectivity index (χ0) is 19.4. The molecule has 2 aliphatic heterocycles. The molecule has 0 radical (unpaired) electrons. The van der Waals surface area contributed by atoms with Gasteiger partial charge < -0.3 is 4.98 Å². The van der Waals surface area contributed by atoms with Crippen LogP contribution in [-0.2, 0) is 25.8 Å². The Hall–Kier alpha value is -2.91. The number of nitrogens with zero attached hydrogens (tertiary/aromatic N) is 2. The number of benzene rings is 2. The second-order valence-electron chi connectivity index (χ2n) is 8.38. The Balaban J connectivity index is 1.53. The first-order valence-electron chi connectivity index (χ1n) is 10.7. The Bertz CT molecular complexity index is 1190. The van der Waals surface area contributed by atoms with Gasteiger partial charge in [0.05, 0.1) is 6.04 Å². The molecule has 0 saturated heterocycles. The third-order valence-electron chi connectivity index (χ3n) is 6.90. The molecule has 2 aromatic carbocycles. The highest BCUT2D eigenvalue weighted by Gasteiger charge is 2.42. The van der Waals surface area contributed by atoms with E-state index < -0.39 is 0 Å². The number of pyridine rings is 1. The van der Waals surface area contributed by atoms with Gasteiger partial charge in [0.2, 0.25) is 0 Å². The topological polar surface area (TPSA) is 31.9 Å². The molecule has 29 heavy (non-hydrogen) atoms. The van der Waals surface area contributed by atoms with Gasteiger partial charge in [-0.2, -0.15) is 0 Å². The molecular weight excluding hydrogens is 354 g/mol. The summed E-state index contributed by atoms with van der Waals surface area (Å²) in [5.41, 5.74) is 9.96. The molecule has 3 nitrogen and oxygen atoms in total. The lowest BCUT2D eigenvalue weighted by Gasteiger charge is -2.47. The van der Waals surface area contributed by atoms with Crippen LogP contribution in [0.3, 0.4) is 0 Å². The molecule has 0 unspecified atom stereocenters. The fourth-order valence-corrected chi connectivity index (χ4v) is 5.52. The van der Waals surface area contributed by atoms with Crippen molar-refractivity contribution >= 4 is 10.9 Å². The molecule has 0 spiro atoms. The van der Waals surface area contributed by atoms with Crippen LogP contribution in [0, 0.1) is 0 Å². The molecule has 0 fully saturated rings. The van der Waals surface area contributed by atoms with E-state index in [0.29, 0.717) is 12.1 Å². The van der Waals surface area contributed by atoms with Gasteiger partial charge in [0.1, 0.15) is 0 Å². The van der Waals surface area contributed by atoms with Crippen molar-refractivity contribution in [2.45, 2.75) is 44.8 Å². The molecule has 2 aromatic heterocycles. The van der Waals surface area contributed by atoms with Crippen LogP contribution in [0.2, 0.25) is 0 Å². The summed E-state index contributed by atoms with van der Waals surface area (Å²) in [6, 6.07) is 20.4. The number of rotatable bonds is 3. The van der Waals surface area contributed by atoms with Crippen molar-refractivity contribution in [3.63, 3.8) is 0 Å². The summed E-state index contributed by atoms with van der Waals surface area (Å²) in [4.78, 5) is 11.1. The van der Waals surface area contributed by atoms with E-state index in [1.165, 1.54) is 44.4 Å². The molecule has 4 aromatic rings. The van der Waals surface area contributed by atoms with E-state index in [9.17, 15) is 0 Å². The average molecular weight is 380 g/mol. The van der Waals surface area contributed by atoms with Crippen LogP contribution in [0.1, 0.15) is 52.5 Å². The number of H-pyrrole nitrogens is 1. The smallest absolute Gasteiger partial charge is 0.0551 e. The van der Waals surface area contributed by atoms with E-state index >= 15 is 0 Å². The first-order valence-corrected chi connectivity index (χ1v) is 10.7. The van der Waals surface area contributed by atoms with E-state index in [4.69, 9.17) is 0 Å². The van der Waals surface area contributed by atoms with Gasteiger partial charge in [-0.25, -0.2) is 0 Å². The van der Waals surface area contributed by atoms with Gasteiger partial charge in [-0.3, -0.25) is 9.88 Å². The molecule has 0 saturated carbocycles. The molecule has 6 rings (SSSR count). The molecule has 1 N–H and O–H groups in total. The van der Waals surface area contributed by atoms with Crippen LogP contribution in [0.25, 0.3) is 10.9 Å². The van der Waals surface area contributed by atoms with Crippen LogP contribution < -0.4 is 0 Å². The Morgan fingerprint density at radius 2 is 1.72 bits per heavy atom. The SMILES string of the molecule is CCc1cncc2c1C[C@H]1c3[nH]c4ccccc4c3C[C@@H]2N1Cc1ccccc1. The molecule has 4 heterocycles. The van der Waals surface area contributed by atoms with E-state index in [1.54, 1.807) is 0 Å². The number of hydrogen-bond acceptors (Lipinski definition) is 2. The van der Waals surface area contributed by atoms with Crippen LogP contribution in [0.15, 0.2) is 67.0 Å². The average Bonchev–Trinajstić information content (AvgIpc) is 3.13. The lowest BCUT2D eigenvalue weighted by molar-refractivity contribution is 0.0900. The van der Waals surface area contributed by atoms with Crippen molar-refractivity contribution < 1.29 is 0 Å². The molecule has 0 amide bonds. The Labute approximate surface area is 171 Å². The Morgan fingerprint density at radius 1 is 0.931 bits per heavy atom. The number of para-hydroxylation sites is 1. The summed E-state index contributed by atoms with van der Waals surface area (Å²) in [7, 11) is 0. The van der Waals surface area contributed by atoms with Crippen LogP contribution in [0.5, 0.6) is 0 Å². The van der Waals surface area contributed by atoms with E-state index in [0.717, 1.165) is 25.8 Å². The molecule has 2 bridgehead atoms. The van der Waals surface area contributed by atoms with Crippen molar-refractivity contribution in [3.8, 4) is 0 Å². The highest BCUT2D eigenvalue weighted by atomic mass is 15.2. The van der Waals surface area contributed by atoms with Crippen molar-refractivity contribution in [1.82, 2.24) is 14.9 Å². The van der Waals surface area contributed by atoms with Crippen molar-refractivity contribution in [3.05, 3.63) is 101 Å². The van der Waals surface area contributed by atoms with E-state index in [2.05, 4.69) is 88.8 Å². The zero-order valence-corrected chi connectivity index (χ0v) is 16.7. The largest absolute Gasteiger partial charge is 0.357 e. The summed E-state index contributed by atoms with van der Waals surface area (Å²) < 4.78 is 0. The fourth-order valence-electron chi connectivity index (χ4n) is 5.52. The second kappa shape index (κ2) is 6.57. The fraction of sp³-hybridized carbons (Fsp3) is 0.269. The highest BCUT2D eigenvalue weighted by molar-refractivity contribution is 5.85. The number of nitrogens with one attached hydrogen (secondary N) is 1. The van der Waals surface area contributed by atoms with Gasteiger partial charge in [0.15, 0.2) is 0 Å². The first kappa shape index (κ1) is 17.0. The number of aromatic amines is 1. The lowest BCUT2D eigenvalue weighted by Crippen LogP contribution is -2.43. The van der Waals surface area contributed by atoms with Crippen molar-refractivity contribution in [2.24, 2.45) is 0 Å². The lowest BCUT2D eigenvalue weighted by atomic mass is 9.77. The van der Waals surface area contributed by atoms with Crippen molar-refractivity contribution in [2.75, 3.05) is 0 Å². The summed E-state index contributed by atoms with van der Waals surface area (Å²) >= 11 is 0. The Morgan fingerprint density at radius 3 is 2.59 bits per heavy atom. The third-order valence-corrected chi connectivity index (χ3v) is 6.90. The van der Waals surface area contributed by atoms with Gasteiger partial charge in [0.25, 0.3) is 0 Å². The number of hydrogen-bond donors (Lipinski definition) is 1. The van der Waals surface area contributed by atoms with Gasteiger partial charge in [0, 0.05) is 41.6 Å². The predicted octanol–water partition coefficient (Wildman–Crippen LogP) is 5.52. The third kappa shape index (κ3) is 2.57. The summed E-state index contributed by atoms with van der Waals surface area (Å²) in [5.74, 6) is 0. The van der Waals surface area contributed by atoms with Crippen LogP contribution >= 0.6 is 0 Å². The number of aryl methyl sites for hydroxylation is 1. The van der Waals surface area contributed by atoms with Gasteiger partial charge in [-0.05, 0) is 53.1 Å². The maximum absolute atomic E-state index is 4.63. The summed E-state index contributed by atoms with van der Waals surface area (Å²) in [6.45, 7) is 3.22. The van der Waals surface area contributed by atoms with Gasteiger partial charge in [-0.1, -0.05) is 55.5 Å². The van der Waals surface area contributed by atoms with E-state index in [-0.39, 0.29) is 0 Å². The molecule has 2 aliphatic rings. The van der Waals surface area contributed by atoms with Crippen LogP contribution in [0.4, 0.5) is 0 Å². The molecule has 144 valence electrons. The maximum atomic E-state index is 4.63. The highest BCUT2D eigenvalue weighted by Crippen LogP contribution is 2.49. The standard InChI is InChI=1S/C26H25N3/c1-2-18-14-27-15-22-20(18)12-25-26-21(19-10-6-7-11-23(19)28-26)13-24(22)29(25)16-17-8-4-3-5-9-17/h3-11,14-15,24-25,28H,2,12-13,16H2,1H3/t24-,25-/m0/s1. The van der Waals surface area contributed by atoms with E-state index in [1.807, 2.05) is 0 Å². The van der Waals surface area contributed by atoms with Crippen LogP contribution in [-0.4, -0.2) is 14.9 Å². The minimum absolute atomic E-state index is 0.384. The molecule has 2 atom stereocenters. The van der Waals surface area contributed by atoms with Gasteiger partial charge >= 0.3 is 0 Å². The zero-order valence-electron chi connectivity index (χ0n) is 16.7. The Kier molecular flexibility index (Phi) is 3.85.